The summed E-state index contributed by atoms with van der Waals surface area (Å²) in [4.78, 5) is 3.54. The van der Waals surface area contributed by atoms with Crippen LogP contribution in [0.2, 0.25) is 0 Å². The van der Waals surface area contributed by atoms with Crippen LogP contribution in [0.15, 0.2) is 84.9 Å². The van der Waals surface area contributed by atoms with Gasteiger partial charge < -0.3 is 14.2 Å². The fourth-order valence-electron chi connectivity index (χ4n) is 5.12. The Morgan fingerprint density at radius 3 is 2.20 bits per heavy atom. The van der Waals surface area contributed by atoms with E-state index >= 15 is 0 Å². The first kappa shape index (κ1) is 28.6. The van der Waals surface area contributed by atoms with Crippen molar-refractivity contribution in [3.63, 3.8) is 0 Å². The van der Waals surface area contributed by atoms with Gasteiger partial charge in [0.2, 0.25) is 0 Å². The Bertz CT molecular complexity index is 1440. The van der Waals surface area contributed by atoms with Crippen LogP contribution < -0.4 is 14.2 Å². The molecule has 5 nitrogen and oxygen atoms in total. The molecule has 4 aromatic carbocycles. The van der Waals surface area contributed by atoms with Crippen LogP contribution >= 0.6 is 0 Å². The molecule has 0 aromatic heterocycles. The standard InChI is InChI=1S/C32H28F2O3.C2H6O2/c1-20-17-26(20)22-7-9-23(10-8-22)36-31-15-12-25-29(16-13-27(33)32(25)31)37-24-11-14-30(28(34)18-24)35-19-21-5-3-2-4-6-21;1-2-4-3/h2-11,13-14,16,18,20,26,31H,12,15,17,19H2,1H3;3H,2H2,1H3/t20-,26-,31+;/m0./s1. The molecule has 41 heavy (non-hydrogen) atoms. The minimum Gasteiger partial charge on any atom is -0.486 e. The van der Waals surface area contributed by atoms with Gasteiger partial charge in [-0.05, 0) is 85.5 Å². The number of hydrogen-bond donors (Lipinski definition) is 1. The summed E-state index contributed by atoms with van der Waals surface area (Å²) in [5, 5.41) is 7.38. The Hall–Kier alpha value is -3.94. The van der Waals surface area contributed by atoms with Gasteiger partial charge in [-0.25, -0.2) is 13.7 Å². The fourth-order valence-corrected chi connectivity index (χ4v) is 5.12. The second kappa shape index (κ2) is 13.1. The molecule has 214 valence electrons. The molecule has 0 heterocycles. The molecule has 1 fully saturated rings. The van der Waals surface area contributed by atoms with Crippen LogP contribution in [0.25, 0.3) is 0 Å². The number of hydrogen-bond acceptors (Lipinski definition) is 5. The maximum absolute atomic E-state index is 14.9. The van der Waals surface area contributed by atoms with Gasteiger partial charge in [0.1, 0.15) is 35.8 Å². The first-order chi connectivity index (χ1) is 20.0. The molecular weight excluding hydrogens is 526 g/mol. The number of benzene rings is 4. The average Bonchev–Trinajstić information content (AvgIpc) is 3.57. The summed E-state index contributed by atoms with van der Waals surface area (Å²) in [6.07, 6.45) is 2.10. The zero-order valence-electron chi connectivity index (χ0n) is 23.2. The van der Waals surface area contributed by atoms with Crippen molar-refractivity contribution in [1.29, 1.82) is 0 Å². The average molecular weight is 561 g/mol. The molecule has 6 rings (SSSR count). The van der Waals surface area contributed by atoms with Crippen molar-refractivity contribution >= 4 is 0 Å². The van der Waals surface area contributed by atoms with Crippen molar-refractivity contribution in [3.8, 4) is 23.0 Å². The van der Waals surface area contributed by atoms with Crippen molar-refractivity contribution in [2.45, 2.75) is 51.7 Å². The van der Waals surface area contributed by atoms with E-state index in [4.69, 9.17) is 19.5 Å². The molecule has 2 aliphatic rings. The normalized spacial score (nSPS) is 18.6. The molecule has 0 saturated heterocycles. The highest BCUT2D eigenvalue weighted by molar-refractivity contribution is 5.48. The van der Waals surface area contributed by atoms with E-state index in [2.05, 4.69) is 23.9 Å². The molecule has 7 heteroatoms. The van der Waals surface area contributed by atoms with Gasteiger partial charge in [-0.2, -0.15) is 0 Å². The monoisotopic (exact) mass is 560 g/mol. The van der Waals surface area contributed by atoms with E-state index in [1.165, 1.54) is 24.1 Å². The topological polar surface area (TPSA) is 57.2 Å². The van der Waals surface area contributed by atoms with Gasteiger partial charge in [-0.3, -0.25) is 5.26 Å². The molecule has 0 bridgehead atoms. The smallest absolute Gasteiger partial charge is 0.168 e. The lowest BCUT2D eigenvalue weighted by atomic mass is 10.1. The Morgan fingerprint density at radius 2 is 1.54 bits per heavy atom. The third-order valence-electron chi connectivity index (χ3n) is 7.43. The Balaban J connectivity index is 0.000000794. The third-order valence-corrected chi connectivity index (χ3v) is 7.43. The van der Waals surface area contributed by atoms with Gasteiger partial charge in [0.15, 0.2) is 11.6 Å². The molecule has 1 N–H and O–H groups in total. The molecule has 3 atom stereocenters. The predicted octanol–water partition coefficient (Wildman–Crippen LogP) is 9.02. The molecule has 0 spiro atoms. The van der Waals surface area contributed by atoms with Gasteiger partial charge >= 0.3 is 0 Å². The maximum Gasteiger partial charge on any atom is 0.168 e. The lowest BCUT2D eigenvalue weighted by molar-refractivity contribution is -0.237. The predicted molar refractivity (Wildman–Crippen MR) is 153 cm³/mol. The molecular formula is C34H34F2O5. The molecule has 2 aliphatic carbocycles. The molecule has 0 amide bonds. The van der Waals surface area contributed by atoms with Crippen LogP contribution in [0.5, 0.6) is 23.0 Å². The third kappa shape index (κ3) is 7.04. The van der Waals surface area contributed by atoms with Crippen LogP contribution in [-0.2, 0) is 17.9 Å². The molecule has 0 unspecified atom stereocenters. The van der Waals surface area contributed by atoms with E-state index in [0.29, 0.717) is 42.4 Å². The molecule has 1 saturated carbocycles. The summed E-state index contributed by atoms with van der Waals surface area (Å²) in [5.41, 5.74) is 3.56. The second-order valence-corrected chi connectivity index (χ2v) is 10.4. The summed E-state index contributed by atoms with van der Waals surface area (Å²) in [6, 6.07) is 25.2. The van der Waals surface area contributed by atoms with Gasteiger partial charge in [0.25, 0.3) is 0 Å². The summed E-state index contributed by atoms with van der Waals surface area (Å²) < 4.78 is 47.5. The van der Waals surface area contributed by atoms with Crippen molar-refractivity contribution in [2.24, 2.45) is 5.92 Å². The second-order valence-electron chi connectivity index (χ2n) is 10.4. The first-order valence-corrected chi connectivity index (χ1v) is 13.9. The van der Waals surface area contributed by atoms with Crippen LogP contribution in [-0.4, -0.2) is 11.9 Å². The van der Waals surface area contributed by atoms with Crippen molar-refractivity contribution in [3.05, 3.63) is 119 Å². The summed E-state index contributed by atoms with van der Waals surface area (Å²) in [5.74, 6) is 2.28. The highest BCUT2D eigenvalue weighted by atomic mass is 19.1. The van der Waals surface area contributed by atoms with Gasteiger partial charge in [-0.15, -0.1) is 0 Å². The molecule has 4 aromatic rings. The lowest BCUT2D eigenvalue weighted by Crippen LogP contribution is -2.06. The van der Waals surface area contributed by atoms with Crippen molar-refractivity contribution in [2.75, 3.05) is 6.61 Å². The van der Waals surface area contributed by atoms with Crippen molar-refractivity contribution in [1.82, 2.24) is 0 Å². The van der Waals surface area contributed by atoms with E-state index in [9.17, 15) is 8.78 Å². The highest BCUT2D eigenvalue weighted by Crippen LogP contribution is 2.47. The zero-order chi connectivity index (χ0) is 28.8. The molecule has 0 aliphatic heterocycles. The van der Waals surface area contributed by atoms with E-state index in [1.54, 1.807) is 25.1 Å². The number of ether oxygens (including phenoxy) is 3. The van der Waals surface area contributed by atoms with E-state index in [0.717, 1.165) is 22.8 Å². The Labute approximate surface area is 239 Å². The molecule has 0 radical (unpaired) electrons. The zero-order valence-corrected chi connectivity index (χ0v) is 23.2. The highest BCUT2D eigenvalue weighted by Gasteiger charge is 2.34. The minimum atomic E-state index is -0.516. The fraction of sp³-hybridized carbons (Fsp3) is 0.294. The number of fused-ring (bicyclic) bond motifs is 1. The van der Waals surface area contributed by atoms with Gasteiger partial charge in [-0.1, -0.05) is 49.4 Å². The van der Waals surface area contributed by atoms with E-state index < -0.39 is 11.9 Å². The quantitative estimate of drug-likeness (QED) is 0.164. The SMILES string of the molecule is CCOO.C[C@H]1C[C@@H]1c1ccc(O[C@@H]2CCc3c(Oc4ccc(OCc5ccccc5)c(F)c4)ccc(F)c32)cc1. The lowest BCUT2D eigenvalue weighted by Gasteiger charge is -2.17. The van der Waals surface area contributed by atoms with Gasteiger partial charge in [0, 0.05) is 17.2 Å². The van der Waals surface area contributed by atoms with Crippen LogP contribution in [0, 0.1) is 17.6 Å². The van der Waals surface area contributed by atoms with E-state index in [-0.39, 0.29) is 18.2 Å². The Kier molecular flexibility index (Phi) is 9.17. The van der Waals surface area contributed by atoms with Crippen molar-refractivity contribution < 1.29 is 33.1 Å². The summed E-state index contributed by atoms with van der Waals surface area (Å²) in [7, 11) is 0. The number of halogens is 2. The number of rotatable bonds is 9. The first-order valence-electron chi connectivity index (χ1n) is 13.9. The maximum atomic E-state index is 14.9. The summed E-state index contributed by atoms with van der Waals surface area (Å²) in [6.45, 7) is 4.61. The largest absolute Gasteiger partial charge is 0.486 e. The van der Waals surface area contributed by atoms with Crippen LogP contribution in [0.1, 0.15) is 61.0 Å². The van der Waals surface area contributed by atoms with Crippen LogP contribution in [0.4, 0.5) is 8.78 Å². The minimum absolute atomic E-state index is 0.149. The Morgan fingerprint density at radius 1 is 0.854 bits per heavy atom. The van der Waals surface area contributed by atoms with Gasteiger partial charge in [0.05, 0.1) is 6.61 Å². The van der Waals surface area contributed by atoms with E-state index in [1.807, 2.05) is 42.5 Å². The summed E-state index contributed by atoms with van der Waals surface area (Å²) >= 11 is 0. The van der Waals surface area contributed by atoms with Crippen LogP contribution in [0.3, 0.4) is 0 Å².